The Labute approximate surface area is 137 Å². The van der Waals surface area contributed by atoms with E-state index in [4.69, 9.17) is 0 Å². The normalized spacial score (nSPS) is 18.3. The van der Waals surface area contributed by atoms with Crippen LogP contribution in [-0.2, 0) is 17.5 Å². The van der Waals surface area contributed by atoms with Gasteiger partial charge in [-0.15, -0.1) is 0 Å². The number of alkyl halides is 3. The summed E-state index contributed by atoms with van der Waals surface area (Å²) in [5, 5.41) is 2.97. The summed E-state index contributed by atoms with van der Waals surface area (Å²) < 4.78 is 40.8. The van der Waals surface area contributed by atoms with Gasteiger partial charge in [-0.05, 0) is 49.7 Å². The maximum Gasteiger partial charge on any atom is 0.449 e. The lowest BCUT2D eigenvalue weighted by Crippen LogP contribution is -2.40. The van der Waals surface area contributed by atoms with E-state index in [-0.39, 0.29) is 24.0 Å². The molecule has 1 N–H and O–H groups in total. The van der Waals surface area contributed by atoms with Crippen molar-refractivity contribution in [2.75, 3.05) is 0 Å². The molecule has 2 fully saturated rings. The Morgan fingerprint density at radius 1 is 1.21 bits per heavy atom. The first-order valence-corrected chi connectivity index (χ1v) is 8.25. The van der Waals surface area contributed by atoms with Crippen molar-refractivity contribution >= 4 is 16.9 Å². The maximum absolute atomic E-state index is 13.3. The third-order valence-corrected chi connectivity index (χ3v) is 4.80. The lowest BCUT2D eigenvalue weighted by Gasteiger charge is -2.19. The van der Waals surface area contributed by atoms with Crippen molar-refractivity contribution in [2.45, 2.75) is 44.4 Å². The van der Waals surface area contributed by atoms with E-state index in [1.54, 1.807) is 18.2 Å². The number of para-hydroxylation sites is 2. The summed E-state index contributed by atoms with van der Waals surface area (Å²) in [5.41, 5.74) is 0.577. The van der Waals surface area contributed by atoms with E-state index in [1.165, 1.54) is 6.07 Å². The van der Waals surface area contributed by atoms with Gasteiger partial charge in [-0.25, -0.2) is 4.98 Å². The van der Waals surface area contributed by atoms with Crippen molar-refractivity contribution in [3.8, 4) is 0 Å². The van der Waals surface area contributed by atoms with Crippen molar-refractivity contribution < 1.29 is 18.0 Å². The average Bonchev–Trinajstić information content (AvgIpc) is 3.42. The molecule has 128 valence electrons. The van der Waals surface area contributed by atoms with Crippen LogP contribution in [0.15, 0.2) is 24.3 Å². The first-order chi connectivity index (χ1) is 11.4. The van der Waals surface area contributed by atoms with Gasteiger partial charge in [0, 0.05) is 6.04 Å². The molecule has 1 amide bonds. The van der Waals surface area contributed by atoms with E-state index in [0.29, 0.717) is 17.4 Å². The van der Waals surface area contributed by atoms with Gasteiger partial charge in [0.05, 0.1) is 11.0 Å². The molecule has 4 rings (SSSR count). The molecule has 0 saturated heterocycles. The van der Waals surface area contributed by atoms with Gasteiger partial charge in [-0.2, -0.15) is 13.2 Å². The molecule has 0 unspecified atom stereocenters. The highest BCUT2D eigenvalue weighted by Crippen LogP contribution is 2.44. The van der Waals surface area contributed by atoms with E-state index in [2.05, 4.69) is 10.3 Å². The van der Waals surface area contributed by atoms with Crippen LogP contribution in [0, 0.1) is 11.8 Å². The number of amides is 1. The molecule has 1 aromatic carbocycles. The number of benzene rings is 1. The molecule has 2 saturated carbocycles. The van der Waals surface area contributed by atoms with Crippen LogP contribution < -0.4 is 5.32 Å². The molecule has 1 heterocycles. The Bertz CT molecular complexity index is 763. The minimum absolute atomic E-state index is 0.127. The predicted molar refractivity (Wildman–Crippen MR) is 82.1 cm³/mol. The van der Waals surface area contributed by atoms with Crippen LogP contribution in [0.2, 0.25) is 0 Å². The van der Waals surface area contributed by atoms with Crippen LogP contribution in [-0.4, -0.2) is 21.5 Å². The van der Waals surface area contributed by atoms with Crippen molar-refractivity contribution in [1.29, 1.82) is 0 Å². The van der Waals surface area contributed by atoms with Crippen LogP contribution in [0.4, 0.5) is 13.2 Å². The maximum atomic E-state index is 13.3. The Kier molecular flexibility index (Phi) is 3.54. The van der Waals surface area contributed by atoms with E-state index in [1.807, 2.05) is 0 Å². The van der Waals surface area contributed by atoms with E-state index in [0.717, 1.165) is 30.3 Å². The molecule has 7 heteroatoms. The van der Waals surface area contributed by atoms with Gasteiger partial charge >= 0.3 is 6.18 Å². The average molecular weight is 337 g/mol. The Hall–Kier alpha value is -2.05. The zero-order valence-corrected chi connectivity index (χ0v) is 13.0. The highest BCUT2D eigenvalue weighted by atomic mass is 19.4. The van der Waals surface area contributed by atoms with Crippen LogP contribution in [0.3, 0.4) is 0 Å². The fourth-order valence-corrected chi connectivity index (χ4v) is 3.36. The smallest absolute Gasteiger partial charge is 0.351 e. The SMILES string of the molecule is O=C(Cn1c(C(F)(F)F)nc2ccccc21)NC(C1CC1)C1CC1. The fraction of sp³-hybridized carbons (Fsp3) is 0.529. The molecule has 4 nitrogen and oxygen atoms in total. The number of nitrogens with one attached hydrogen (secondary N) is 1. The second kappa shape index (κ2) is 5.50. The first kappa shape index (κ1) is 15.5. The summed E-state index contributed by atoms with van der Waals surface area (Å²) in [5.74, 6) is -0.383. The first-order valence-electron chi connectivity index (χ1n) is 8.25. The van der Waals surface area contributed by atoms with E-state index in [9.17, 15) is 18.0 Å². The highest BCUT2D eigenvalue weighted by molar-refractivity contribution is 5.81. The molecule has 24 heavy (non-hydrogen) atoms. The van der Waals surface area contributed by atoms with Crippen molar-refractivity contribution in [3.63, 3.8) is 0 Å². The van der Waals surface area contributed by atoms with Gasteiger partial charge in [0.15, 0.2) is 0 Å². The lowest BCUT2D eigenvalue weighted by atomic mass is 10.1. The molecule has 2 aliphatic rings. The molecule has 2 aromatic rings. The fourth-order valence-electron chi connectivity index (χ4n) is 3.36. The van der Waals surface area contributed by atoms with Gasteiger partial charge in [-0.3, -0.25) is 4.79 Å². The van der Waals surface area contributed by atoms with Crippen molar-refractivity contribution in [3.05, 3.63) is 30.1 Å². The number of rotatable bonds is 5. The Morgan fingerprint density at radius 3 is 2.42 bits per heavy atom. The summed E-state index contributed by atoms with van der Waals surface area (Å²) in [4.78, 5) is 16.1. The summed E-state index contributed by atoms with van der Waals surface area (Å²) in [6, 6.07) is 6.49. The second-order valence-corrected chi connectivity index (χ2v) is 6.78. The van der Waals surface area contributed by atoms with Crippen LogP contribution in [0.1, 0.15) is 31.5 Å². The molecule has 0 spiro atoms. The Morgan fingerprint density at radius 2 is 1.83 bits per heavy atom. The molecule has 1 aromatic heterocycles. The standard InChI is InChI=1S/C17H18F3N3O/c18-17(19,20)16-21-12-3-1-2-4-13(12)23(16)9-14(24)22-15(10-5-6-10)11-7-8-11/h1-4,10-11,15H,5-9H2,(H,22,24). The number of aromatic nitrogens is 2. The Balaban J connectivity index is 1.59. The molecular formula is C17H18F3N3O. The quantitative estimate of drug-likeness (QED) is 0.909. The zero-order chi connectivity index (χ0) is 16.9. The monoisotopic (exact) mass is 337 g/mol. The van der Waals surface area contributed by atoms with Crippen molar-refractivity contribution in [1.82, 2.24) is 14.9 Å². The molecule has 0 radical (unpaired) electrons. The predicted octanol–water partition coefficient (Wildman–Crippen LogP) is 3.36. The van der Waals surface area contributed by atoms with Crippen LogP contribution in [0.25, 0.3) is 11.0 Å². The van der Waals surface area contributed by atoms with Gasteiger partial charge in [0.1, 0.15) is 6.54 Å². The minimum atomic E-state index is -4.59. The van der Waals surface area contributed by atoms with Gasteiger partial charge < -0.3 is 9.88 Å². The second-order valence-electron chi connectivity index (χ2n) is 6.78. The number of halogens is 3. The highest BCUT2D eigenvalue weighted by Gasteiger charge is 2.43. The summed E-state index contributed by atoms with van der Waals surface area (Å²) >= 11 is 0. The summed E-state index contributed by atoms with van der Waals surface area (Å²) in [7, 11) is 0. The summed E-state index contributed by atoms with van der Waals surface area (Å²) in [6.45, 7) is -0.356. The largest absolute Gasteiger partial charge is 0.449 e. The van der Waals surface area contributed by atoms with Crippen LogP contribution >= 0.6 is 0 Å². The topological polar surface area (TPSA) is 46.9 Å². The van der Waals surface area contributed by atoms with Gasteiger partial charge in [0.2, 0.25) is 11.7 Å². The number of hydrogen-bond acceptors (Lipinski definition) is 2. The third-order valence-electron chi connectivity index (χ3n) is 4.80. The van der Waals surface area contributed by atoms with E-state index < -0.39 is 12.0 Å². The minimum Gasteiger partial charge on any atom is -0.351 e. The van der Waals surface area contributed by atoms with Crippen LogP contribution in [0.5, 0.6) is 0 Å². The molecule has 2 aliphatic carbocycles. The summed E-state index contributed by atoms with van der Waals surface area (Å²) in [6.07, 6.45) is -0.190. The number of carbonyl (C=O) groups is 1. The van der Waals surface area contributed by atoms with Gasteiger partial charge in [0.25, 0.3) is 0 Å². The number of fused-ring (bicyclic) bond motifs is 1. The molecular weight excluding hydrogens is 319 g/mol. The number of hydrogen-bond donors (Lipinski definition) is 1. The molecule has 0 aliphatic heterocycles. The van der Waals surface area contributed by atoms with Gasteiger partial charge in [-0.1, -0.05) is 12.1 Å². The zero-order valence-electron chi connectivity index (χ0n) is 13.0. The molecule has 0 atom stereocenters. The van der Waals surface area contributed by atoms with E-state index >= 15 is 0 Å². The number of imidazole rings is 1. The third kappa shape index (κ3) is 2.99. The number of carbonyl (C=O) groups excluding carboxylic acids is 1. The lowest BCUT2D eigenvalue weighted by molar-refractivity contribution is -0.147. The van der Waals surface area contributed by atoms with Crippen molar-refractivity contribution in [2.24, 2.45) is 11.8 Å². The molecule has 0 bridgehead atoms. The number of nitrogens with zero attached hydrogens (tertiary/aromatic N) is 2.